The maximum Gasteiger partial charge on any atom is 0.240 e. The molecule has 0 aliphatic heterocycles. The van der Waals surface area contributed by atoms with E-state index in [-0.39, 0.29) is 0 Å². The molecule has 5 heteroatoms. The van der Waals surface area contributed by atoms with Crippen molar-refractivity contribution in [1.29, 1.82) is 0 Å². The Bertz CT molecular complexity index is 601. The molecule has 4 nitrogen and oxygen atoms in total. The van der Waals surface area contributed by atoms with Gasteiger partial charge in [-0.05, 0) is 70.2 Å². The summed E-state index contributed by atoms with van der Waals surface area (Å²) >= 11 is 0. The lowest BCUT2D eigenvalue weighted by molar-refractivity contribution is 0.179. The summed E-state index contributed by atoms with van der Waals surface area (Å²) in [6.07, 6.45) is 3.19. The van der Waals surface area contributed by atoms with Gasteiger partial charge < -0.3 is 0 Å². The van der Waals surface area contributed by atoms with Crippen LogP contribution in [0.2, 0.25) is 0 Å². The molecule has 0 bridgehead atoms. The highest BCUT2D eigenvalue weighted by molar-refractivity contribution is 7.89. The van der Waals surface area contributed by atoms with Crippen molar-refractivity contribution < 1.29 is 8.42 Å². The van der Waals surface area contributed by atoms with Gasteiger partial charge in [0.25, 0.3) is 0 Å². The van der Waals surface area contributed by atoms with Crippen LogP contribution in [0, 0.1) is 0 Å². The predicted octanol–water partition coefficient (Wildman–Crippen LogP) is 2.57. The average molecular weight is 324 g/mol. The van der Waals surface area contributed by atoms with E-state index in [9.17, 15) is 8.42 Å². The first-order valence-electron chi connectivity index (χ1n) is 8.18. The summed E-state index contributed by atoms with van der Waals surface area (Å²) in [6, 6.07) is 6.35. The maximum atomic E-state index is 12.4. The SMILES string of the molecule is CC(C)N(CCNS(=O)(=O)c1ccc2c(c1)CCC2)C(C)C. The summed E-state index contributed by atoms with van der Waals surface area (Å²) in [7, 11) is -3.41. The quantitative estimate of drug-likeness (QED) is 0.838. The summed E-state index contributed by atoms with van der Waals surface area (Å²) in [5.41, 5.74) is 2.48. The molecule has 0 atom stereocenters. The molecule has 1 aromatic rings. The minimum Gasteiger partial charge on any atom is -0.297 e. The van der Waals surface area contributed by atoms with Gasteiger partial charge in [-0.15, -0.1) is 0 Å². The molecular weight excluding hydrogens is 296 g/mol. The third-order valence-corrected chi connectivity index (χ3v) is 5.83. The fraction of sp³-hybridized carbons (Fsp3) is 0.647. The average Bonchev–Trinajstić information content (AvgIpc) is 2.90. The molecule has 124 valence electrons. The van der Waals surface area contributed by atoms with Crippen molar-refractivity contribution in [3.63, 3.8) is 0 Å². The van der Waals surface area contributed by atoms with Gasteiger partial charge in [-0.2, -0.15) is 0 Å². The lowest BCUT2D eigenvalue weighted by Crippen LogP contribution is -2.42. The summed E-state index contributed by atoms with van der Waals surface area (Å²) < 4.78 is 27.6. The van der Waals surface area contributed by atoms with E-state index in [4.69, 9.17) is 0 Å². The molecule has 0 saturated heterocycles. The molecule has 0 heterocycles. The highest BCUT2D eigenvalue weighted by Gasteiger charge is 2.19. The van der Waals surface area contributed by atoms with E-state index in [1.54, 1.807) is 6.07 Å². The van der Waals surface area contributed by atoms with Crippen molar-refractivity contribution in [2.24, 2.45) is 0 Å². The summed E-state index contributed by atoms with van der Waals surface area (Å²) in [5, 5.41) is 0. The number of sulfonamides is 1. The van der Waals surface area contributed by atoms with Gasteiger partial charge in [0.15, 0.2) is 0 Å². The molecule has 0 fully saturated rings. The summed E-state index contributed by atoms with van der Waals surface area (Å²) in [4.78, 5) is 2.68. The Morgan fingerprint density at radius 3 is 2.36 bits per heavy atom. The van der Waals surface area contributed by atoms with Crippen LogP contribution in [0.1, 0.15) is 45.2 Å². The van der Waals surface area contributed by atoms with Gasteiger partial charge in [0, 0.05) is 25.2 Å². The van der Waals surface area contributed by atoms with Crippen LogP contribution in [0.15, 0.2) is 23.1 Å². The molecule has 1 aromatic carbocycles. The van der Waals surface area contributed by atoms with Crippen molar-refractivity contribution in [3.05, 3.63) is 29.3 Å². The first kappa shape index (κ1) is 17.4. The fourth-order valence-corrected chi connectivity index (χ4v) is 4.29. The number of aryl methyl sites for hydroxylation is 2. The van der Waals surface area contributed by atoms with Gasteiger partial charge in [-0.1, -0.05) is 6.07 Å². The Morgan fingerprint density at radius 1 is 1.09 bits per heavy atom. The van der Waals surface area contributed by atoms with Crippen molar-refractivity contribution >= 4 is 10.0 Å². The van der Waals surface area contributed by atoms with Crippen LogP contribution in [0.3, 0.4) is 0 Å². The van der Waals surface area contributed by atoms with Gasteiger partial charge in [-0.3, -0.25) is 4.90 Å². The molecule has 1 aliphatic carbocycles. The maximum absolute atomic E-state index is 12.4. The predicted molar refractivity (Wildman–Crippen MR) is 90.6 cm³/mol. The number of nitrogens with zero attached hydrogens (tertiary/aromatic N) is 1. The second kappa shape index (κ2) is 7.11. The van der Waals surface area contributed by atoms with Crippen LogP contribution in [-0.2, 0) is 22.9 Å². The Balaban J connectivity index is 1.99. The van der Waals surface area contributed by atoms with Gasteiger partial charge >= 0.3 is 0 Å². The number of nitrogens with one attached hydrogen (secondary N) is 1. The van der Waals surface area contributed by atoms with Gasteiger partial charge in [0.1, 0.15) is 0 Å². The largest absolute Gasteiger partial charge is 0.297 e. The minimum atomic E-state index is -3.41. The van der Waals surface area contributed by atoms with Crippen LogP contribution in [0.4, 0.5) is 0 Å². The van der Waals surface area contributed by atoms with Crippen molar-refractivity contribution in [3.8, 4) is 0 Å². The molecule has 0 spiro atoms. The van der Waals surface area contributed by atoms with Crippen LogP contribution in [-0.4, -0.2) is 38.5 Å². The molecule has 0 saturated carbocycles. The van der Waals surface area contributed by atoms with Crippen LogP contribution < -0.4 is 4.72 Å². The molecule has 0 unspecified atom stereocenters. The normalized spacial score (nSPS) is 15.0. The van der Waals surface area contributed by atoms with E-state index < -0.39 is 10.0 Å². The first-order chi connectivity index (χ1) is 10.3. The summed E-state index contributed by atoms with van der Waals surface area (Å²) in [6.45, 7) is 9.70. The zero-order valence-electron chi connectivity index (χ0n) is 14.1. The van der Waals surface area contributed by atoms with E-state index in [0.29, 0.717) is 23.5 Å². The van der Waals surface area contributed by atoms with E-state index >= 15 is 0 Å². The number of benzene rings is 1. The summed E-state index contributed by atoms with van der Waals surface area (Å²) in [5.74, 6) is 0. The number of rotatable bonds is 7. The van der Waals surface area contributed by atoms with Crippen molar-refractivity contribution in [2.45, 2.75) is 63.9 Å². The third kappa shape index (κ3) is 4.09. The number of hydrogen-bond donors (Lipinski definition) is 1. The minimum absolute atomic E-state index is 0.397. The van der Waals surface area contributed by atoms with E-state index in [1.165, 1.54) is 11.1 Å². The van der Waals surface area contributed by atoms with Gasteiger partial charge in [0.05, 0.1) is 4.90 Å². The van der Waals surface area contributed by atoms with Crippen molar-refractivity contribution in [1.82, 2.24) is 9.62 Å². The zero-order chi connectivity index (χ0) is 16.3. The second-order valence-corrected chi connectivity index (χ2v) is 8.37. The topological polar surface area (TPSA) is 49.4 Å². The Hall–Kier alpha value is -0.910. The molecular formula is C17H28N2O2S. The molecule has 1 N–H and O–H groups in total. The lowest BCUT2D eigenvalue weighted by Gasteiger charge is -2.30. The molecule has 0 radical (unpaired) electrons. The zero-order valence-corrected chi connectivity index (χ0v) is 14.9. The van der Waals surface area contributed by atoms with Crippen LogP contribution in [0.25, 0.3) is 0 Å². The molecule has 0 amide bonds. The molecule has 0 aromatic heterocycles. The standard InChI is InChI=1S/C17H28N2O2S/c1-13(2)19(14(3)4)11-10-18-22(20,21)17-9-8-15-6-5-7-16(15)12-17/h8-9,12-14,18H,5-7,10-11H2,1-4H3. The van der Waals surface area contributed by atoms with Gasteiger partial charge in [-0.25, -0.2) is 13.1 Å². The van der Waals surface area contributed by atoms with Crippen LogP contribution in [0.5, 0.6) is 0 Å². The third-order valence-electron chi connectivity index (χ3n) is 4.37. The highest BCUT2D eigenvalue weighted by Crippen LogP contribution is 2.24. The van der Waals surface area contributed by atoms with E-state index in [1.807, 2.05) is 12.1 Å². The van der Waals surface area contributed by atoms with Gasteiger partial charge in [0.2, 0.25) is 10.0 Å². The molecule has 2 rings (SSSR count). The Morgan fingerprint density at radius 2 is 1.73 bits per heavy atom. The Kier molecular flexibility index (Phi) is 5.64. The number of hydrogen-bond acceptors (Lipinski definition) is 3. The molecule has 22 heavy (non-hydrogen) atoms. The Labute approximate surface area is 135 Å². The second-order valence-electron chi connectivity index (χ2n) is 6.61. The van der Waals surface area contributed by atoms with E-state index in [2.05, 4.69) is 37.3 Å². The van der Waals surface area contributed by atoms with E-state index in [0.717, 1.165) is 25.8 Å². The molecule has 1 aliphatic rings. The first-order valence-corrected chi connectivity index (χ1v) is 9.67. The fourth-order valence-electron chi connectivity index (χ4n) is 3.22. The highest BCUT2D eigenvalue weighted by atomic mass is 32.2. The van der Waals surface area contributed by atoms with Crippen LogP contribution >= 0.6 is 0 Å². The lowest BCUT2D eigenvalue weighted by atomic mass is 10.1. The number of fused-ring (bicyclic) bond motifs is 1. The monoisotopic (exact) mass is 324 g/mol. The smallest absolute Gasteiger partial charge is 0.240 e. The van der Waals surface area contributed by atoms with Crippen molar-refractivity contribution in [2.75, 3.05) is 13.1 Å².